The van der Waals surface area contributed by atoms with Crippen LogP contribution in [-0.4, -0.2) is 128 Å². The smallest absolute Gasteiger partial charge is 0.410 e. The molecule has 4 heterocycles. The Morgan fingerprint density at radius 3 is 2.22 bits per heavy atom. The standard InChI is InChI=1S/C29H43N3O9/c1-6-15-37-25(33)30-11-13-31(14-12-30)26(34)39-20-16-32(17-20)27(35)40-21-9-10-29(18-38-29)24(23(21)36-5)28(4)22(41-28)8-7-19(2)3/h6-7,20-24H,1,8-18H2,2-5H3/t21-,22-,23-,24-,28+,29+/m1/s1. The van der Waals surface area contributed by atoms with E-state index in [2.05, 4.69) is 33.4 Å². The number of likely N-dealkylation sites (tertiary alicyclic amines) is 1. The summed E-state index contributed by atoms with van der Waals surface area (Å²) in [6.45, 7) is 12.6. The monoisotopic (exact) mass is 577 g/mol. The van der Waals surface area contributed by atoms with Crippen LogP contribution < -0.4 is 0 Å². The fourth-order valence-electron chi connectivity index (χ4n) is 6.45. The summed E-state index contributed by atoms with van der Waals surface area (Å²) in [5.41, 5.74) is 0.564. The van der Waals surface area contributed by atoms with Crippen LogP contribution in [0.2, 0.25) is 0 Å². The van der Waals surface area contributed by atoms with E-state index < -0.39 is 36.1 Å². The molecule has 228 valence electrons. The summed E-state index contributed by atoms with van der Waals surface area (Å²) in [6, 6.07) is 0. The number of hydrogen-bond acceptors (Lipinski definition) is 9. The maximum atomic E-state index is 13.0. The molecule has 3 amide bonds. The van der Waals surface area contributed by atoms with Crippen molar-refractivity contribution < 1.29 is 42.8 Å². The molecule has 1 aliphatic carbocycles. The average Bonchev–Trinajstić information content (AvgIpc) is 3.85. The molecular formula is C29H43N3O9. The van der Waals surface area contributed by atoms with Crippen molar-refractivity contribution in [3.05, 3.63) is 24.3 Å². The minimum atomic E-state index is -0.452. The minimum Gasteiger partial charge on any atom is -0.445 e. The van der Waals surface area contributed by atoms with E-state index in [1.54, 1.807) is 16.9 Å². The Kier molecular flexibility index (Phi) is 8.54. The second kappa shape index (κ2) is 11.8. The van der Waals surface area contributed by atoms with E-state index in [1.807, 2.05) is 0 Å². The van der Waals surface area contributed by atoms with Gasteiger partial charge in [0.15, 0.2) is 0 Å². The Labute approximate surface area is 241 Å². The van der Waals surface area contributed by atoms with E-state index in [1.165, 1.54) is 16.5 Å². The summed E-state index contributed by atoms with van der Waals surface area (Å²) in [5.74, 6) is -0.0449. The van der Waals surface area contributed by atoms with E-state index in [0.29, 0.717) is 39.2 Å². The van der Waals surface area contributed by atoms with Crippen LogP contribution in [-0.2, 0) is 28.4 Å². The summed E-state index contributed by atoms with van der Waals surface area (Å²) in [6.07, 6.45) is 3.55. The molecule has 0 bridgehead atoms. The molecule has 0 aromatic carbocycles. The summed E-state index contributed by atoms with van der Waals surface area (Å²) in [7, 11) is 1.65. The zero-order valence-corrected chi connectivity index (χ0v) is 24.5. The number of epoxide rings is 2. The van der Waals surface area contributed by atoms with E-state index in [-0.39, 0.29) is 43.4 Å². The lowest BCUT2D eigenvalue weighted by molar-refractivity contribution is -0.126. The van der Waals surface area contributed by atoms with Crippen LogP contribution in [0.5, 0.6) is 0 Å². The average molecular weight is 578 g/mol. The highest BCUT2D eigenvalue weighted by molar-refractivity contribution is 5.72. The van der Waals surface area contributed by atoms with Crippen LogP contribution in [0.25, 0.3) is 0 Å². The number of ether oxygens (including phenoxy) is 6. The largest absolute Gasteiger partial charge is 0.445 e. The van der Waals surface area contributed by atoms with Crippen molar-refractivity contribution in [1.29, 1.82) is 0 Å². The molecule has 4 saturated heterocycles. The molecule has 41 heavy (non-hydrogen) atoms. The van der Waals surface area contributed by atoms with Crippen molar-refractivity contribution in [3.63, 3.8) is 0 Å². The molecule has 0 unspecified atom stereocenters. The maximum Gasteiger partial charge on any atom is 0.410 e. The van der Waals surface area contributed by atoms with Gasteiger partial charge in [-0.2, -0.15) is 0 Å². The van der Waals surface area contributed by atoms with Crippen molar-refractivity contribution in [3.8, 4) is 0 Å². The van der Waals surface area contributed by atoms with E-state index in [4.69, 9.17) is 28.4 Å². The lowest BCUT2D eigenvalue weighted by atomic mass is 9.68. The van der Waals surface area contributed by atoms with Crippen LogP contribution in [0.4, 0.5) is 14.4 Å². The second-order valence-corrected chi connectivity index (χ2v) is 12.1. The summed E-state index contributed by atoms with van der Waals surface area (Å²) in [4.78, 5) is 42.3. The van der Waals surface area contributed by atoms with E-state index in [0.717, 1.165) is 12.8 Å². The van der Waals surface area contributed by atoms with Gasteiger partial charge in [0.25, 0.3) is 0 Å². The van der Waals surface area contributed by atoms with Gasteiger partial charge in [0.1, 0.15) is 36.1 Å². The van der Waals surface area contributed by atoms with Gasteiger partial charge in [-0.25, -0.2) is 14.4 Å². The molecule has 12 heteroatoms. The number of methoxy groups -OCH3 is 1. The Hall–Kier alpha value is -2.83. The number of carbonyl (C=O) groups is 3. The normalized spacial score (nSPS) is 34.4. The number of carbonyl (C=O) groups excluding carboxylic acids is 3. The van der Waals surface area contributed by atoms with Crippen molar-refractivity contribution in [2.75, 3.05) is 59.6 Å². The van der Waals surface area contributed by atoms with E-state index >= 15 is 0 Å². The molecule has 6 atom stereocenters. The molecule has 5 fully saturated rings. The van der Waals surface area contributed by atoms with Gasteiger partial charge in [-0.15, -0.1) is 0 Å². The molecule has 0 aromatic rings. The zero-order valence-electron chi connectivity index (χ0n) is 24.5. The first-order valence-corrected chi connectivity index (χ1v) is 14.5. The summed E-state index contributed by atoms with van der Waals surface area (Å²) >= 11 is 0. The Balaban J connectivity index is 1.08. The molecule has 0 N–H and O–H groups in total. The third-order valence-corrected chi connectivity index (χ3v) is 8.98. The number of rotatable bonds is 8. The predicted octanol–water partition coefficient (Wildman–Crippen LogP) is 2.96. The topological polar surface area (TPSA) is 123 Å². The van der Waals surface area contributed by atoms with Crippen LogP contribution in [0.3, 0.4) is 0 Å². The quantitative estimate of drug-likeness (QED) is 0.243. The number of piperazine rings is 1. The molecule has 1 saturated carbocycles. The summed E-state index contributed by atoms with van der Waals surface area (Å²) in [5, 5.41) is 0. The van der Waals surface area contributed by atoms with Gasteiger partial charge in [0.05, 0.1) is 31.7 Å². The molecule has 5 rings (SSSR count). The first-order valence-electron chi connectivity index (χ1n) is 14.5. The first kappa shape index (κ1) is 29.7. The van der Waals surface area contributed by atoms with Gasteiger partial charge in [-0.05, 0) is 40.0 Å². The first-order chi connectivity index (χ1) is 19.6. The molecule has 0 radical (unpaired) electrons. The van der Waals surface area contributed by atoms with Gasteiger partial charge < -0.3 is 43.1 Å². The number of nitrogens with zero attached hydrogens (tertiary/aromatic N) is 3. The van der Waals surface area contributed by atoms with Gasteiger partial charge in [-0.3, -0.25) is 0 Å². The van der Waals surface area contributed by atoms with Gasteiger partial charge in [-0.1, -0.05) is 24.3 Å². The fourth-order valence-corrected chi connectivity index (χ4v) is 6.45. The third-order valence-electron chi connectivity index (χ3n) is 8.98. The van der Waals surface area contributed by atoms with E-state index in [9.17, 15) is 14.4 Å². The van der Waals surface area contributed by atoms with Crippen molar-refractivity contribution >= 4 is 18.3 Å². The fraction of sp³-hybridized carbons (Fsp3) is 0.759. The van der Waals surface area contributed by atoms with Crippen molar-refractivity contribution in [1.82, 2.24) is 14.7 Å². The zero-order chi connectivity index (χ0) is 29.4. The van der Waals surface area contributed by atoms with Gasteiger partial charge in [0.2, 0.25) is 0 Å². The molecule has 1 spiro atoms. The molecule has 0 aromatic heterocycles. The molecule has 12 nitrogen and oxygen atoms in total. The molecule has 5 aliphatic rings. The lowest BCUT2D eigenvalue weighted by Gasteiger charge is -2.44. The van der Waals surface area contributed by atoms with Crippen molar-refractivity contribution in [2.45, 2.75) is 75.7 Å². The Morgan fingerprint density at radius 2 is 1.63 bits per heavy atom. The van der Waals surface area contributed by atoms with Gasteiger partial charge >= 0.3 is 18.3 Å². The lowest BCUT2D eigenvalue weighted by Crippen LogP contribution is -2.60. The van der Waals surface area contributed by atoms with Crippen molar-refractivity contribution in [2.24, 2.45) is 5.92 Å². The molecular weight excluding hydrogens is 534 g/mol. The SMILES string of the molecule is C=CCOC(=O)N1CCN(C(=O)OC2CN(C(=O)O[C@@H]3CC[C@]4(CO4)[C@@H]([C@@]4(C)O[C@@H]4CC=C(C)C)[C@@H]3OC)C2)CC1. The Bertz CT molecular complexity index is 1040. The highest BCUT2D eigenvalue weighted by atomic mass is 16.6. The van der Waals surface area contributed by atoms with Crippen LogP contribution in [0, 0.1) is 5.92 Å². The summed E-state index contributed by atoms with van der Waals surface area (Å²) < 4.78 is 34.8. The third kappa shape index (κ3) is 6.19. The van der Waals surface area contributed by atoms with Crippen LogP contribution >= 0.6 is 0 Å². The minimum absolute atomic E-state index is 0.0449. The predicted molar refractivity (Wildman–Crippen MR) is 146 cm³/mol. The highest BCUT2D eigenvalue weighted by Crippen LogP contribution is 2.59. The number of amides is 3. The number of hydrogen-bond donors (Lipinski definition) is 0. The Morgan fingerprint density at radius 1 is 1.00 bits per heavy atom. The molecule has 4 aliphatic heterocycles. The van der Waals surface area contributed by atoms with Crippen LogP contribution in [0.1, 0.15) is 40.0 Å². The van der Waals surface area contributed by atoms with Crippen LogP contribution in [0.15, 0.2) is 24.3 Å². The van der Waals surface area contributed by atoms with Gasteiger partial charge in [0, 0.05) is 33.3 Å². The highest BCUT2D eigenvalue weighted by Gasteiger charge is 2.72. The second-order valence-electron chi connectivity index (χ2n) is 12.1. The number of allylic oxidation sites excluding steroid dienone is 1. The maximum absolute atomic E-state index is 13.0.